The molecule has 12 heavy (non-hydrogen) atoms. The number of nitrogens with one attached hydrogen (secondary N) is 1. The minimum Gasteiger partial charge on any atom is -0.343 e. The first-order valence-corrected chi connectivity index (χ1v) is 4.00. The zero-order valence-electron chi connectivity index (χ0n) is 7.68. The summed E-state index contributed by atoms with van der Waals surface area (Å²) < 4.78 is 0. The summed E-state index contributed by atoms with van der Waals surface area (Å²) in [7, 11) is 1.71. The average Bonchev–Trinajstić information content (AvgIpc) is 2.03. The van der Waals surface area contributed by atoms with Gasteiger partial charge in [-0.1, -0.05) is 0 Å². The minimum atomic E-state index is -0.748. The molecule has 0 bridgehead atoms. The first-order chi connectivity index (χ1) is 5.43. The molecule has 0 atom stereocenters. The highest BCUT2D eigenvalue weighted by molar-refractivity contribution is 5.92. The Hall–Kier alpha value is -1.06. The van der Waals surface area contributed by atoms with E-state index in [1.165, 1.54) is 0 Å². The Bertz CT molecular complexity index is 223. The molecule has 1 fully saturated rings. The van der Waals surface area contributed by atoms with Gasteiger partial charge in [0.15, 0.2) is 0 Å². The molecule has 1 heterocycles. The van der Waals surface area contributed by atoms with Crippen molar-refractivity contribution in [2.45, 2.75) is 25.8 Å². The standard InChI is InChI=1S/C8H14N2O2/c1-8(2)7(12)10(3)5-4-6(11)9-8/h4-5H2,1-3H3,(H,9,11). The fraction of sp³-hybridized carbons (Fsp3) is 0.750. The Morgan fingerprint density at radius 3 is 2.58 bits per heavy atom. The molecular formula is C8H14N2O2. The monoisotopic (exact) mass is 170 g/mol. The van der Waals surface area contributed by atoms with Crippen LogP contribution in [0.2, 0.25) is 0 Å². The second kappa shape index (κ2) is 2.77. The lowest BCUT2D eigenvalue weighted by Crippen LogP contribution is -2.51. The lowest BCUT2D eigenvalue weighted by molar-refractivity contribution is -0.136. The summed E-state index contributed by atoms with van der Waals surface area (Å²) in [6.45, 7) is 3.94. The Labute approximate surface area is 71.9 Å². The molecule has 0 aliphatic carbocycles. The van der Waals surface area contributed by atoms with Crippen LogP contribution in [0, 0.1) is 0 Å². The van der Waals surface area contributed by atoms with Crippen molar-refractivity contribution in [3.63, 3.8) is 0 Å². The average molecular weight is 170 g/mol. The lowest BCUT2D eigenvalue weighted by atomic mass is 10.0. The van der Waals surface area contributed by atoms with E-state index in [9.17, 15) is 9.59 Å². The fourth-order valence-electron chi connectivity index (χ4n) is 1.31. The van der Waals surface area contributed by atoms with E-state index in [4.69, 9.17) is 0 Å². The number of carbonyl (C=O) groups is 2. The van der Waals surface area contributed by atoms with Gasteiger partial charge in [-0.05, 0) is 13.8 Å². The van der Waals surface area contributed by atoms with Gasteiger partial charge in [-0.25, -0.2) is 0 Å². The maximum atomic E-state index is 11.5. The van der Waals surface area contributed by atoms with Gasteiger partial charge in [0.1, 0.15) is 5.54 Å². The van der Waals surface area contributed by atoms with Gasteiger partial charge in [0.05, 0.1) is 0 Å². The van der Waals surface area contributed by atoms with Gasteiger partial charge in [0.25, 0.3) is 0 Å². The smallest absolute Gasteiger partial charge is 0.247 e. The summed E-state index contributed by atoms with van der Waals surface area (Å²) >= 11 is 0. The molecule has 0 aromatic carbocycles. The molecular weight excluding hydrogens is 156 g/mol. The molecule has 2 amide bonds. The zero-order valence-corrected chi connectivity index (χ0v) is 7.68. The molecule has 68 valence electrons. The minimum absolute atomic E-state index is 0.0339. The SMILES string of the molecule is CN1CCC(=O)NC(C)(C)C1=O. The predicted octanol–water partition coefficient (Wildman–Crippen LogP) is -0.257. The molecule has 1 saturated heterocycles. The fourth-order valence-corrected chi connectivity index (χ4v) is 1.31. The van der Waals surface area contributed by atoms with Crippen molar-refractivity contribution < 1.29 is 9.59 Å². The Morgan fingerprint density at radius 2 is 2.00 bits per heavy atom. The van der Waals surface area contributed by atoms with Crippen molar-refractivity contribution >= 4 is 11.8 Å². The molecule has 1 aliphatic rings. The van der Waals surface area contributed by atoms with Crippen LogP contribution in [0.1, 0.15) is 20.3 Å². The maximum absolute atomic E-state index is 11.5. The van der Waals surface area contributed by atoms with Crippen LogP contribution in [0.4, 0.5) is 0 Å². The van der Waals surface area contributed by atoms with E-state index in [0.717, 1.165) is 0 Å². The van der Waals surface area contributed by atoms with Crippen molar-refractivity contribution in [2.24, 2.45) is 0 Å². The number of hydrogen-bond donors (Lipinski definition) is 1. The lowest BCUT2D eigenvalue weighted by Gasteiger charge is -2.25. The molecule has 0 spiro atoms. The van der Waals surface area contributed by atoms with E-state index in [0.29, 0.717) is 13.0 Å². The summed E-state index contributed by atoms with van der Waals surface area (Å²) in [4.78, 5) is 24.2. The largest absolute Gasteiger partial charge is 0.343 e. The summed E-state index contributed by atoms with van der Waals surface area (Å²) in [6, 6.07) is 0. The Balaban J connectivity index is 2.86. The number of amides is 2. The zero-order chi connectivity index (χ0) is 9.35. The van der Waals surface area contributed by atoms with Gasteiger partial charge in [0, 0.05) is 20.0 Å². The highest BCUT2D eigenvalue weighted by Gasteiger charge is 2.34. The van der Waals surface area contributed by atoms with Crippen LogP contribution in [-0.2, 0) is 9.59 Å². The molecule has 0 unspecified atom stereocenters. The van der Waals surface area contributed by atoms with Crippen molar-refractivity contribution in [2.75, 3.05) is 13.6 Å². The molecule has 1 rings (SSSR count). The van der Waals surface area contributed by atoms with Gasteiger partial charge in [-0.15, -0.1) is 0 Å². The van der Waals surface area contributed by atoms with Crippen LogP contribution in [0.25, 0.3) is 0 Å². The quantitative estimate of drug-likeness (QED) is 0.544. The number of hydrogen-bond acceptors (Lipinski definition) is 2. The van der Waals surface area contributed by atoms with Crippen molar-refractivity contribution in [3.8, 4) is 0 Å². The van der Waals surface area contributed by atoms with Crippen LogP contribution in [-0.4, -0.2) is 35.8 Å². The van der Waals surface area contributed by atoms with Crippen LogP contribution in [0.5, 0.6) is 0 Å². The van der Waals surface area contributed by atoms with Crippen molar-refractivity contribution in [1.29, 1.82) is 0 Å². The third-order valence-corrected chi connectivity index (χ3v) is 2.01. The van der Waals surface area contributed by atoms with Crippen LogP contribution < -0.4 is 5.32 Å². The summed E-state index contributed by atoms with van der Waals surface area (Å²) in [5.74, 6) is -0.0916. The van der Waals surface area contributed by atoms with E-state index in [1.54, 1.807) is 25.8 Å². The van der Waals surface area contributed by atoms with Crippen molar-refractivity contribution in [1.82, 2.24) is 10.2 Å². The molecule has 0 aromatic heterocycles. The second-order valence-electron chi connectivity index (χ2n) is 3.65. The van der Waals surface area contributed by atoms with Gasteiger partial charge >= 0.3 is 0 Å². The Kier molecular flexibility index (Phi) is 2.08. The van der Waals surface area contributed by atoms with Crippen LogP contribution in [0.15, 0.2) is 0 Å². The van der Waals surface area contributed by atoms with E-state index >= 15 is 0 Å². The van der Waals surface area contributed by atoms with E-state index in [1.807, 2.05) is 0 Å². The van der Waals surface area contributed by atoms with Gasteiger partial charge < -0.3 is 10.2 Å². The molecule has 4 heteroatoms. The summed E-state index contributed by atoms with van der Waals surface area (Å²) in [5.41, 5.74) is -0.748. The van der Waals surface area contributed by atoms with Crippen LogP contribution in [0.3, 0.4) is 0 Å². The molecule has 0 saturated carbocycles. The number of rotatable bonds is 0. The van der Waals surface area contributed by atoms with Gasteiger partial charge in [-0.2, -0.15) is 0 Å². The van der Waals surface area contributed by atoms with Gasteiger partial charge in [0.2, 0.25) is 11.8 Å². The molecule has 0 aromatic rings. The highest BCUT2D eigenvalue weighted by Crippen LogP contribution is 2.10. The third-order valence-electron chi connectivity index (χ3n) is 2.01. The predicted molar refractivity (Wildman–Crippen MR) is 44.5 cm³/mol. The van der Waals surface area contributed by atoms with E-state index in [2.05, 4.69) is 5.32 Å². The second-order valence-corrected chi connectivity index (χ2v) is 3.65. The maximum Gasteiger partial charge on any atom is 0.247 e. The highest BCUT2D eigenvalue weighted by atomic mass is 16.2. The first-order valence-electron chi connectivity index (χ1n) is 4.00. The molecule has 0 radical (unpaired) electrons. The van der Waals surface area contributed by atoms with E-state index in [-0.39, 0.29) is 11.8 Å². The van der Waals surface area contributed by atoms with Crippen molar-refractivity contribution in [3.05, 3.63) is 0 Å². The number of nitrogens with zero attached hydrogens (tertiary/aromatic N) is 1. The van der Waals surface area contributed by atoms with Crippen LogP contribution >= 0.6 is 0 Å². The number of carbonyl (C=O) groups excluding carboxylic acids is 2. The third kappa shape index (κ3) is 1.57. The number of likely N-dealkylation sites (N-methyl/N-ethyl adjacent to an activating group) is 1. The van der Waals surface area contributed by atoms with Gasteiger partial charge in [-0.3, -0.25) is 9.59 Å². The topological polar surface area (TPSA) is 49.4 Å². The Morgan fingerprint density at radius 1 is 1.42 bits per heavy atom. The van der Waals surface area contributed by atoms with E-state index < -0.39 is 5.54 Å². The first kappa shape index (κ1) is 9.03. The molecule has 1 N–H and O–H groups in total. The molecule has 4 nitrogen and oxygen atoms in total. The molecule has 1 aliphatic heterocycles. The summed E-state index contributed by atoms with van der Waals surface area (Å²) in [6.07, 6.45) is 0.395. The normalized spacial score (nSPS) is 23.4. The summed E-state index contributed by atoms with van der Waals surface area (Å²) in [5, 5.41) is 2.67.